The minimum atomic E-state index is -1.56. The molecule has 1 heterocycles. The third-order valence-electron chi connectivity index (χ3n) is 15.7. The average molecular weight is 1540 g/mol. The van der Waals surface area contributed by atoms with Crippen LogP contribution in [-0.2, 0) is 103 Å². The largest absolute Gasteiger partial charge is 0.445 e. The Morgan fingerprint density at radius 1 is 0.518 bits per heavy atom. The summed E-state index contributed by atoms with van der Waals surface area (Å²) < 4.78 is 66.9. The maximum Gasteiger partial charge on any atom is 0.417 e. The van der Waals surface area contributed by atoms with E-state index in [1.54, 1.807) is 60.8 Å². The second-order valence-electron chi connectivity index (χ2n) is 27.4. The number of benzene rings is 4. The van der Waals surface area contributed by atoms with Crippen molar-refractivity contribution >= 4 is 71.3 Å². The van der Waals surface area contributed by atoms with Gasteiger partial charge in [-0.25, -0.2) is 19.3 Å². The molecule has 0 unspecified atom stereocenters. The van der Waals surface area contributed by atoms with Crippen molar-refractivity contribution < 1.29 is 105 Å². The molecule has 0 radical (unpaired) electrons. The highest BCUT2D eigenvalue weighted by molar-refractivity contribution is 6.13. The van der Waals surface area contributed by atoms with Crippen LogP contribution < -0.4 is 37.2 Å². The molecule has 5 rings (SSSR count). The Morgan fingerprint density at radius 3 is 1.46 bits per heavy atom. The van der Waals surface area contributed by atoms with E-state index in [1.165, 1.54) is 12.1 Å². The number of hydrogen-bond donors (Lipinski definition) is 8. The number of nitrogens with zero attached hydrogens (tertiary/aromatic N) is 2. The molecule has 4 aromatic carbocycles. The van der Waals surface area contributed by atoms with Gasteiger partial charge in [-0.15, -0.1) is 0 Å². The van der Waals surface area contributed by atoms with Crippen molar-refractivity contribution in [2.45, 2.75) is 123 Å². The molecule has 0 spiro atoms. The quantitative estimate of drug-likeness (QED) is 0.00624. The van der Waals surface area contributed by atoms with E-state index < -0.39 is 114 Å². The van der Waals surface area contributed by atoms with E-state index in [9.17, 15) is 47.9 Å². The number of nitrogens with one attached hydrogen (secondary N) is 8. The first-order valence-electron chi connectivity index (χ1n) is 36.6. The summed E-state index contributed by atoms with van der Waals surface area (Å²) in [4.78, 5) is 137. The van der Waals surface area contributed by atoms with Crippen LogP contribution in [0, 0.1) is 11.3 Å². The number of carbonyl (C=O) groups excluding carboxylic acids is 10. The van der Waals surface area contributed by atoms with Crippen molar-refractivity contribution in [3.8, 4) is 0 Å². The molecule has 32 nitrogen and oxygen atoms in total. The molecule has 10 amide bonds. The summed E-state index contributed by atoms with van der Waals surface area (Å²) in [5.74, 6) is -5.66. The predicted octanol–water partition coefficient (Wildman–Crippen LogP) is 6.03. The summed E-state index contributed by atoms with van der Waals surface area (Å²) >= 11 is 0. The fraction of sp³-hybridized carbons (Fsp3) is 0.526. The lowest BCUT2D eigenvalue weighted by molar-refractivity contribution is -0.137. The number of hydrogen-bond acceptors (Lipinski definition) is 23. The molecule has 604 valence electrons. The molecule has 8 N–H and O–H groups in total. The minimum Gasteiger partial charge on any atom is -0.445 e. The van der Waals surface area contributed by atoms with Crippen molar-refractivity contribution in [1.29, 1.82) is 5.41 Å². The number of imide groups is 1. The van der Waals surface area contributed by atoms with Crippen LogP contribution in [0.3, 0.4) is 0 Å². The Hall–Kier alpha value is -9.77. The van der Waals surface area contributed by atoms with Crippen LogP contribution >= 0.6 is 0 Å². The van der Waals surface area contributed by atoms with Gasteiger partial charge in [0.1, 0.15) is 41.5 Å². The zero-order valence-electron chi connectivity index (χ0n) is 64.5. The summed E-state index contributed by atoms with van der Waals surface area (Å²) in [6.07, 6.45) is -0.941. The van der Waals surface area contributed by atoms with Crippen molar-refractivity contribution in [3.05, 3.63) is 150 Å². The van der Waals surface area contributed by atoms with Crippen LogP contribution in [-0.4, -0.2) is 244 Å². The number of amides is 10. The molecule has 32 heteroatoms. The van der Waals surface area contributed by atoms with E-state index in [0.29, 0.717) is 102 Å². The summed E-state index contributed by atoms with van der Waals surface area (Å²) in [6, 6.07) is 29.8. The molecule has 4 aromatic rings. The monoisotopic (exact) mass is 1540 g/mol. The maximum atomic E-state index is 14.9. The van der Waals surface area contributed by atoms with Crippen LogP contribution in [0.4, 0.5) is 20.1 Å². The standard InChI is InChI=1S/C78H110N10O22/c1-56(2)52-63(84-65(89)33-37-100-40-41-102-44-45-104-48-49-106-51-50-105-47-46-103-43-42-101-39-38-99-9)71(95)85-64(55-108-78(58-20-13-10-14-21-58,59-22-15-11-16-23-59)60-24-17-12-18-25-60)69(93)81-53-66(90)83-62(26-19-35-88(75(98)110-77(6,7)8)72(79)86-74(97)109-76(3,4)5)70(94)82-61-29-27-57(28-30-61)54-107-73(96)80-34-36-87-67(91)31-32-68(87)92/h10-18,20-25,27-32,56,62-64H,19,26,33-55H2,1-9H3,(H,80,96)(H,81,93)(H,82,94)(H,83,90)(H,84,89)(H,85,95)(H2,79,86,97)/t62-,63-,64-/m0/s1. The van der Waals surface area contributed by atoms with Crippen molar-refractivity contribution in [2.24, 2.45) is 5.92 Å². The summed E-state index contributed by atoms with van der Waals surface area (Å²) in [7, 11) is 1.62. The van der Waals surface area contributed by atoms with Gasteiger partial charge in [0.2, 0.25) is 35.5 Å². The number of ether oxygens (including phenoxy) is 12. The molecule has 0 bridgehead atoms. The van der Waals surface area contributed by atoms with Crippen LogP contribution in [0.15, 0.2) is 127 Å². The Bertz CT molecular complexity index is 3410. The Kier molecular flexibility index (Phi) is 40.8. The van der Waals surface area contributed by atoms with Gasteiger partial charge in [-0.3, -0.25) is 49.2 Å². The van der Waals surface area contributed by atoms with E-state index in [-0.39, 0.29) is 83.4 Å². The first-order chi connectivity index (χ1) is 52.7. The number of carbonyl (C=O) groups is 10. The number of rotatable bonds is 50. The van der Waals surface area contributed by atoms with E-state index in [4.69, 9.17) is 62.3 Å². The van der Waals surface area contributed by atoms with Crippen LogP contribution in [0.1, 0.15) is 103 Å². The number of guanidine groups is 1. The molecule has 0 fully saturated rings. The summed E-state index contributed by atoms with van der Waals surface area (Å²) in [6.45, 7) is 16.9. The van der Waals surface area contributed by atoms with E-state index in [2.05, 4.69) is 37.2 Å². The molecule has 0 aliphatic carbocycles. The molecule has 0 saturated carbocycles. The first kappa shape index (κ1) is 90.8. The molecule has 1 aliphatic rings. The molecular weight excluding hydrogens is 1430 g/mol. The fourth-order valence-corrected chi connectivity index (χ4v) is 10.5. The van der Waals surface area contributed by atoms with Crippen molar-refractivity contribution in [1.82, 2.24) is 41.7 Å². The first-order valence-corrected chi connectivity index (χ1v) is 36.6. The predicted molar refractivity (Wildman–Crippen MR) is 404 cm³/mol. The topological polar surface area (TPSA) is 396 Å². The van der Waals surface area contributed by atoms with Crippen molar-refractivity contribution in [3.63, 3.8) is 0 Å². The molecule has 0 saturated heterocycles. The number of alkyl carbamates (subject to hydrolysis) is 2. The molecule has 0 aromatic heterocycles. The van der Waals surface area contributed by atoms with E-state index in [0.717, 1.165) is 22.0 Å². The normalized spacial score (nSPS) is 13.0. The number of methoxy groups -OCH3 is 1. The van der Waals surface area contributed by atoms with Gasteiger partial charge in [0, 0.05) is 51.0 Å². The minimum absolute atomic E-state index is 0.00361. The lowest BCUT2D eigenvalue weighted by atomic mass is 9.80. The van der Waals surface area contributed by atoms with Crippen LogP contribution in [0.5, 0.6) is 0 Å². The zero-order chi connectivity index (χ0) is 80.2. The second kappa shape index (κ2) is 49.4. The van der Waals surface area contributed by atoms with Gasteiger partial charge in [0.05, 0.1) is 112 Å². The van der Waals surface area contributed by atoms with Gasteiger partial charge >= 0.3 is 18.3 Å². The summed E-state index contributed by atoms with van der Waals surface area (Å²) in [5, 5.41) is 27.1. The summed E-state index contributed by atoms with van der Waals surface area (Å²) in [5.41, 5.74) is -0.697. The van der Waals surface area contributed by atoms with Gasteiger partial charge in [-0.1, -0.05) is 117 Å². The lowest BCUT2D eigenvalue weighted by Gasteiger charge is -2.37. The average Bonchev–Trinajstić information content (AvgIpc) is 0.817. The molecule has 110 heavy (non-hydrogen) atoms. The lowest BCUT2D eigenvalue weighted by Crippen LogP contribution is -2.57. The third-order valence-corrected chi connectivity index (χ3v) is 15.7. The van der Waals surface area contributed by atoms with Gasteiger partial charge in [-0.2, -0.15) is 0 Å². The van der Waals surface area contributed by atoms with Crippen molar-refractivity contribution in [2.75, 3.05) is 144 Å². The Morgan fingerprint density at radius 2 is 0.991 bits per heavy atom. The SMILES string of the molecule is COCCOCCOCCOCCOCCOCCOCCOCCC(=O)N[C@@H](CC(C)C)C(=O)N[C@@H](COC(c1ccccc1)(c1ccccc1)c1ccccc1)C(=O)NCC(=O)N[C@@H](CCCN(C(=N)NC(=O)OC(C)(C)C)C(=O)OC(C)(C)C)C(=O)Nc1ccc(COC(=O)NCCN2C(=O)C=CC2=O)cc1. The maximum absolute atomic E-state index is 14.9. The smallest absolute Gasteiger partial charge is 0.417 e. The molecular formula is C78H110N10O22. The zero-order valence-corrected chi connectivity index (χ0v) is 64.5. The van der Waals surface area contributed by atoms with E-state index >= 15 is 0 Å². The van der Waals surface area contributed by atoms with Gasteiger partial charge < -0.3 is 88.7 Å². The molecule has 3 atom stereocenters. The highest BCUT2D eigenvalue weighted by Gasteiger charge is 2.40. The number of anilines is 1. The highest BCUT2D eigenvalue weighted by atomic mass is 16.6. The Balaban J connectivity index is 1.28. The second-order valence-corrected chi connectivity index (χ2v) is 27.4. The van der Waals surface area contributed by atoms with E-state index in [1.807, 2.05) is 105 Å². The van der Waals surface area contributed by atoms with Gasteiger partial charge in [0.25, 0.3) is 11.8 Å². The highest BCUT2D eigenvalue weighted by Crippen LogP contribution is 2.40. The van der Waals surface area contributed by atoms with Gasteiger partial charge in [0.15, 0.2) is 0 Å². The Labute approximate surface area is 643 Å². The van der Waals surface area contributed by atoms with Crippen LogP contribution in [0.2, 0.25) is 0 Å². The third kappa shape index (κ3) is 35.3. The molecule has 1 aliphatic heterocycles. The van der Waals surface area contributed by atoms with Gasteiger partial charge in [-0.05, 0) is 101 Å². The fourth-order valence-electron chi connectivity index (χ4n) is 10.5. The van der Waals surface area contributed by atoms with Crippen LogP contribution in [0.25, 0.3) is 0 Å².